The Morgan fingerprint density at radius 1 is 1.34 bits per heavy atom. The highest BCUT2D eigenvalue weighted by atomic mass is 35.5. The van der Waals surface area contributed by atoms with Gasteiger partial charge in [0.05, 0.1) is 17.8 Å². The van der Waals surface area contributed by atoms with E-state index in [1.54, 1.807) is 12.1 Å². The van der Waals surface area contributed by atoms with Crippen molar-refractivity contribution in [1.82, 2.24) is 20.0 Å². The van der Waals surface area contributed by atoms with Crippen LogP contribution >= 0.6 is 11.6 Å². The second-order valence-electron chi connectivity index (χ2n) is 9.17. The number of nitrogens with one attached hydrogen (secondary N) is 1. The number of carbonyl (C=O) groups is 1. The van der Waals surface area contributed by atoms with Crippen LogP contribution in [0.5, 0.6) is 0 Å². The quantitative estimate of drug-likeness (QED) is 0.651. The molecule has 4 N–H and O–H groups in total. The molecular weight excluding hydrogens is 390 g/mol. The van der Waals surface area contributed by atoms with Gasteiger partial charge in [-0.05, 0) is 50.2 Å². The second-order valence-corrected chi connectivity index (χ2v) is 9.61. The first-order valence-corrected chi connectivity index (χ1v) is 10.5. The molecule has 3 aliphatic rings. The molecule has 1 aromatic carbocycles. The van der Waals surface area contributed by atoms with Crippen LogP contribution in [-0.4, -0.2) is 44.1 Å². The van der Waals surface area contributed by atoms with Crippen molar-refractivity contribution in [2.24, 2.45) is 11.1 Å². The Kier molecular flexibility index (Phi) is 4.30. The van der Waals surface area contributed by atoms with E-state index in [0.29, 0.717) is 41.3 Å². The third-order valence-electron chi connectivity index (χ3n) is 6.66. The van der Waals surface area contributed by atoms with Crippen LogP contribution in [0, 0.1) is 5.41 Å². The highest BCUT2D eigenvalue weighted by Crippen LogP contribution is 2.64. The Morgan fingerprint density at radius 2 is 2.10 bits per heavy atom. The second kappa shape index (κ2) is 6.54. The van der Waals surface area contributed by atoms with Gasteiger partial charge < -0.3 is 10.8 Å². The molecule has 5 rings (SSSR count). The largest absolute Gasteiger partial charge is 0.365 e. The van der Waals surface area contributed by atoms with Gasteiger partial charge >= 0.3 is 0 Å². The first-order chi connectivity index (χ1) is 13.8. The maximum Gasteiger partial charge on any atom is 0.252 e. The molecule has 2 aliphatic carbocycles. The van der Waals surface area contributed by atoms with Gasteiger partial charge in [0.1, 0.15) is 5.69 Å². The Labute approximate surface area is 174 Å². The van der Waals surface area contributed by atoms with E-state index in [2.05, 4.69) is 17.3 Å². The average molecular weight is 416 g/mol. The summed E-state index contributed by atoms with van der Waals surface area (Å²) in [6, 6.07) is 7.25. The van der Waals surface area contributed by atoms with E-state index in [9.17, 15) is 9.90 Å². The molecule has 29 heavy (non-hydrogen) atoms. The van der Waals surface area contributed by atoms with Crippen molar-refractivity contribution in [2.45, 2.75) is 57.6 Å². The molecule has 0 radical (unpaired) electrons. The van der Waals surface area contributed by atoms with Crippen LogP contribution in [0.2, 0.25) is 5.02 Å². The van der Waals surface area contributed by atoms with Gasteiger partial charge in [-0.15, -0.1) is 0 Å². The summed E-state index contributed by atoms with van der Waals surface area (Å²) in [6.07, 6.45) is 4.10. The Morgan fingerprint density at radius 3 is 2.76 bits per heavy atom. The van der Waals surface area contributed by atoms with Crippen LogP contribution in [0.1, 0.15) is 48.7 Å². The van der Waals surface area contributed by atoms with Crippen molar-refractivity contribution in [3.63, 3.8) is 0 Å². The summed E-state index contributed by atoms with van der Waals surface area (Å²) < 4.78 is 1.82. The van der Waals surface area contributed by atoms with Gasteiger partial charge in [0.15, 0.2) is 6.35 Å². The van der Waals surface area contributed by atoms with Gasteiger partial charge in [-0.25, -0.2) is 0 Å². The number of nitrogens with zero attached hydrogens (tertiary/aromatic N) is 3. The lowest BCUT2D eigenvalue weighted by molar-refractivity contribution is -0.0796. The molecule has 1 atom stereocenters. The maximum absolute atomic E-state index is 12.3. The summed E-state index contributed by atoms with van der Waals surface area (Å²) in [5.74, 6) is -0.521. The monoisotopic (exact) mass is 415 g/mol. The molecule has 1 amide bonds. The number of aliphatic hydroxyl groups excluding tert-OH is 1. The number of nitrogens with two attached hydrogens (primary N) is 1. The van der Waals surface area contributed by atoms with E-state index < -0.39 is 12.3 Å². The van der Waals surface area contributed by atoms with Crippen LogP contribution in [0.3, 0.4) is 0 Å². The third kappa shape index (κ3) is 3.36. The number of halogens is 1. The fourth-order valence-corrected chi connectivity index (χ4v) is 5.47. The van der Waals surface area contributed by atoms with Crippen LogP contribution < -0.4 is 11.1 Å². The predicted octanol–water partition coefficient (Wildman–Crippen LogP) is 2.32. The lowest BCUT2D eigenvalue weighted by Crippen LogP contribution is -2.62. The molecule has 154 valence electrons. The summed E-state index contributed by atoms with van der Waals surface area (Å²) in [5.41, 5.74) is 8.69. The molecule has 2 aromatic rings. The number of aromatic nitrogens is 2. The highest BCUT2D eigenvalue weighted by Gasteiger charge is 2.59. The Hall–Kier alpha value is -1.93. The Balaban J connectivity index is 1.39. The van der Waals surface area contributed by atoms with E-state index >= 15 is 0 Å². The topological polar surface area (TPSA) is 96.4 Å². The predicted molar refractivity (Wildman–Crippen MR) is 110 cm³/mol. The first kappa shape index (κ1) is 19.1. The molecule has 2 saturated carbocycles. The van der Waals surface area contributed by atoms with Gasteiger partial charge in [0.25, 0.3) is 5.91 Å². The number of benzene rings is 1. The van der Waals surface area contributed by atoms with Crippen molar-refractivity contribution in [3.05, 3.63) is 40.5 Å². The summed E-state index contributed by atoms with van der Waals surface area (Å²) in [7, 11) is 0. The van der Waals surface area contributed by atoms with E-state index in [1.807, 2.05) is 21.7 Å². The minimum atomic E-state index is -0.768. The summed E-state index contributed by atoms with van der Waals surface area (Å²) in [4.78, 5) is 14.2. The van der Waals surface area contributed by atoms with Gasteiger partial charge in [0.2, 0.25) is 0 Å². The van der Waals surface area contributed by atoms with Crippen molar-refractivity contribution in [1.29, 1.82) is 0 Å². The molecule has 7 nitrogen and oxygen atoms in total. The van der Waals surface area contributed by atoms with Gasteiger partial charge in [0, 0.05) is 29.2 Å². The lowest BCUT2D eigenvalue weighted by Gasteiger charge is -2.49. The molecule has 1 aliphatic heterocycles. The van der Waals surface area contributed by atoms with Crippen LogP contribution in [-0.2, 0) is 13.1 Å². The number of hydrogen-bond acceptors (Lipinski definition) is 5. The van der Waals surface area contributed by atoms with Gasteiger partial charge in [-0.3, -0.25) is 19.7 Å². The number of primary amides is 1. The molecule has 0 bridgehead atoms. The number of rotatable bonds is 5. The summed E-state index contributed by atoms with van der Waals surface area (Å²) >= 11 is 6.12. The van der Waals surface area contributed by atoms with E-state index in [1.165, 1.54) is 12.8 Å². The van der Waals surface area contributed by atoms with E-state index in [0.717, 1.165) is 24.1 Å². The van der Waals surface area contributed by atoms with Crippen LogP contribution in [0.25, 0.3) is 11.3 Å². The average Bonchev–Trinajstić information content (AvgIpc) is 3.30. The SMILES string of the molecule is CC1(NC(O)N2CCn3nc(-c4cccc(Cl)c4)c(C(N)=O)c3C2)CC2(CC2)C1. The molecule has 0 saturated heterocycles. The van der Waals surface area contributed by atoms with Gasteiger partial charge in [-0.1, -0.05) is 23.7 Å². The van der Waals surface area contributed by atoms with Crippen molar-refractivity contribution >= 4 is 17.5 Å². The fourth-order valence-electron chi connectivity index (χ4n) is 5.28. The third-order valence-corrected chi connectivity index (χ3v) is 6.90. The molecule has 8 heteroatoms. The minimum Gasteiger partial charge on any atom is -0.365 e. The Bertz CT molecular complexity index is 975. The van der Waals surface area contributed by atoms with Crippen LogP contribution in [0.4, 0.5) is 0 Å². The molecule has 1 spiro atoms. The van der Waals surface area contributed by atoms with E-state index in [-0.39, 0.29) is 5.54 Å². The fraction of sp³-hybridized carbons (Fsp3) is 0.524. The summed E-state index contributed by atoms with van der Waals surface area (Å²) in [6.45, 7) is 3.80. The zero-order valence-corrected chi connectivity index (χ0v) is 17.2. The zero-order chi connectivity index (χ0) is 20.4. The van der Waals surface area contributed by atoms with Crippen molar-refractivity contribution in [3.8, 4) is 11.3 Å². The normalized spacial score (nSPS) is 22.7. The number of carbonyl (C=O) groups excluding carboxylic acids is 1. The lowest BCUT2D eigenvalue weighted by atomic mass is 9.66. The molecule has 1 aromatic heterocycles. The van der Waals surface area contributed by atoms with Gasteiger partial charge in [-0.2, -0.15) is 5.10 Å². The molecular formula is C21H26ClN5O2. The number of hydrogen-bond donors (Lipinski definition) is 3. The molecule has 1 unspecified atom stereocenters. The maximum atomic E-state index is 12.3. The summed E-state index contributed by atoms with van der Waals surface area (Å²) in [5, 5.41) is 19.4. The zero-order valence-electron chi connectivity index (χ0n) is 16.5. The molecule has 2 heterocycles. The molecule has 2 fully saturated rings. The highest BCUT2D eigenvalue weighted by molar-refractivity contribution is 6.30. The number of fused-ring (bicyclic) bond motifs is 1. The smallest absolute Gasteiger partial charge is 0.252 e. The first-order valence-electron chi connectivity index (χ1n) is 10.1. The van der Waals surface area contributed by atoms with Crippen molar-refractivity contribution in [2.75, 3.05) is 6.54 Å². The number of aliphatic hydroxyl groups is 1. The van der Waals surface area contributed by atoms with E-state index in [4.69, 9.17) is 17.3 Å². The van der Waals surface area contributed by atoms with Crippen LogP contribution in [0.15, 0.2) is 24.3 Å². The number of amides is 1. The minimum absolute atomic E-state index is 0.0218. The standard InChI is InChI=1S/C21H26ClN5O2/c1-20(11-21(12-20)5-6-21)24-19(29)26-7-8-27-15(10-26)16(18(23)28)17(25-27)13-3-2-4-14(22)9-13/h2-4,9,19,24,29H,5-8,10-12H2,1H3,(H2,23,28). The van der Waals surface area contributed by atoms with Crippen molar-refractivity contribution < 1.29 is 9.90 Å².